The molecule has 1 amide bonds. The van der Waals surface area contributed by atoms with E-state index in [0.29, 0.717) is 24.4 Å². The molecule has 2 aromatic heterocycles. The van der Waals surface area contributed by atoms with Crippen molar-refractivity contribution in [3.8, 4) is 11.3 Å². The lowest BCUT2D eigenvalue weighted by molar-refractivity contribution is -0.201. The fourth-order valence-corrected chi connectivity index (χ4v) is 4.64. The number of pyridine rings is 1. The number of carbonyl (C=O) groups excluding carboxylic acids is 1. The summed E-state index contributed by atoms with van der Waals surface area (Å²) in [5.74, 6) is -0.232. The van der Waals surface area contributed by atoms with Crippen LogP contribution < -0.4 is 11.0 Å². The standard InChI is InChI=1S/C24H28N2O7S/c1-24(34(2,29)30,23(28)25-33-22-9-5-6-14-31-22)11-13-26-12-10-18(16-21(26)27)20-15-17-7-3-4-8-19(17)32-20/h3-4,7-8,10,12,15-16,22H,5-6,9,11,13-14H2,1-2H3,(H,25,28). The van der Waals surface area contributed by atoms with Crippen molar-refractivity contribution in [1.29, 1.82) is 0 Å². The lowest BCUT2D eigenvalue weighted by atomic mass is 10.1. The predicted molar refractivity (Wildman–Crippen MR) is 127 cm³/mol. The Kier molecular flexibility index (Phi) is 6.92. The molecule has 2 atom stereocenters. The molecule has 4 rings (SSSR count). The van der Waals surface area contributed by atoms with Gasteiger partial charge in [0.25, 0.3) is 11.5 Å². The molecule has 3 heterocycles. The highest BCUT2D eigenvalue weighted by atomic mass is 32.2. The van der Waals surface area contributed by atoms with Gasteiger partial charge in [-0.05, 0) is 44.4 Å². The third-order valence-electron chi connectivity index (χ3n) is 6.26. The second-order valence-electron chi connectivity index (χ2n) is 8.69. The predicted octanol–water partition coefficient (Wildman–Crippen LogP) is 3.03. The maximum Gasteiger partial charge on any atom is 0.264 e. The molecule has 1 aliphatic rings. The molecule has 34 heavy (non-hydrogen) atoms. The molecule has 182 valence electrons. The highest BCUT2D eigenvalue weighted by Crippen LogP contribution is 2.27. The van der Waals surface area contributed by atoms with E-state index in [0.717, 1.165) is 30.1 Å². The van der Waals surface area contributed by atoms with Crippen molar-refractivity contribution in [2.75, 3.05) is 12.9 Å². The summed E-state index contributed by atoms with van der Waals surface area (Å²) in [4.78, 5) is 30.8. The highest BCUT2D eigenvalue weighted by molar-refractivity contribution is 7.92. The molecule has 1 aliphatic heterocycles. The molecular weight excluding hydrogens is 460 g/mol. The number of nitrogens with one attached hydrogen (secondary N) is 1. The van der Waals surface area contributed by atoms with Crippen molar-refractivity contribution in [2.45, 2.75) is 50.2 Å². The minimum Gasteiger partial charge on any atom is -0.456 e. The third-order valence-corrected chi connectivity index (χ3v) is 8.28. The Morgan fingerprint density at radius 1 is 1.24 bits per heavy atom. The van der Waals surface area contributed by atoms with E-state index >= 15 is 0 Å². The van der Waals surface area contributed by atoms with E-state index in [4.69, 9.17) is 14.0 Å². The topological polar surface area (TPSA) is 117 Å². The van der Waals surface area contributed by atoms with Crippen molar-refractivity contribution in [2.24, 2.45) is 0 Å². The van der Waals surface area contributed by atoms with Gasteiger partial charge < -0.3 is 13.7 Å². The van der Waals surface area contributed by atoms with Crippen LogP contribution in [-0.4, -0.2) is 42.8 Å². The number of sulfone groups is 1. The molecule has 1 N–H and O–H groups in total. The van der Waals surface area contributed by atoms with Gasteiger partial charge in [0.1, 0.15) is 11.3 Å². The van der Waals surface area contributed by atoms with E-state index in [1.165, 1.54) is 17.6 Å². The summed E-state index contributed by atoms with van der Waals surface area (Å²) in [7, 11) is -3.83. The number of aryl methyl sites for hydroxylation is 1. The number of aromatic nitrogens is 1. The average molecular weight is 489 g/mol. The molecule has 0 aliphatic carbocycles. The number of furan rings is 1. The van der Waals surface area contributed by atoms with Gasteiger partial charge in [0.2, 0.25) is 0 Å². The van der Waals surface area contributed by atoms with Crippen LogP contribution in [0.25, 0.3) is 22.3 Å². The number of hydrogen-bond donors (Lipinski definition) is 1. The number of carbonyl (C=O) groups is 1. The van der Waals surface area contributed by atoms with Gasteiger partial charge in [0, 0.05) is 49.0 Å². The van der Waals surface area contributed by atoms with Crippen molar-refractivity contribution < 1.29 is 27.2 Å². The Bertz CT molecular complexity index is 1310. The number of ether oxygens (including phenoxy) is 1. The zero-order chi connectivity index (χ0) is 24.3. The summed E-state index contributed by atoms with van der Waals surface area (Å²) >= 11 is 0. The molecule has 0 saturated carbocycles. The molecule has 0 spiro atoms. The number of benzene rings is 1. The SMILES string of the molecule is CC(CCn1ccc(-c2cc3ccccc3o2)cc1=O)(C(=O)NOC1CCCCO1)S(C)(=O)=O. The minimum atomic E-state index is -3.83. The van der Waals surface area contributed by atoms with E-state index in [1.54, 1.807) is 12.3 Å². The summed E-state index contributed by atoms with van der Waals surface area (Å²) in [5, 5.41) is 0.928. The number of hydroxylamine groups is 1. The van der Waals surface area contributed by atoms with Crippen molar-refractivity contribution in [3.05, 3.63) is 59.0 Å². The zero-order valence-corrected chi connectivity index (χ0v) is 20.0. The van der Waals surface area contributed by atoms with E-state index in [9.17, 15) is 18.0 Å². The van der Waals surface area contributed by atoms with Crippen LogP contribution in [-0.2, 0) is 30.8 Å². The normalized spacial score (nSPS) is 18.5. The van der Waals surface area contributed by atoms with Crippen LogP contribution >= 0.6 is 0 Å². The Morgan fingerprint density at radius 2 is 2.03 bits per heavy atom. The second-order valence-corrected chi connectivity index (χ2v) is 11.1. The van der Waals surface area contributed by atoms with E-state index < -0.39 is 26.8 Å². The van der Waals surface area contributed by atoms with Crippen molar-refractivity contribution in [3.63, 3.8) is 0 Å². The maximum atomic E-state index is 12.8. The summed E-state index contributed by atoms with van der Waals surface area (Å²) in [6.45, 7) is 1.88. The van der Waals surface area contributed by atoms with Crippen molar-refractivity contribution in [1.82, 2.24) is 10.0 Å². The summed E-state index contributed by atoms with van der Waals surface area (Å²) in [6.07, 6.45) is 4.28. The molecule has 9 nitrogen and oxygen atoms in total. The largest absolute Gasteiger partial charge is 0.456 e. The van der Waals surface area contributed by atoms with Gasteiger partial charge >= 0.3 is 0 Å². The average Bonchev–Trinajstić information content (AvgIpc) is 3.26. The number of hydrogen-bond acceptors (Lipinski definition) is 7. The Hall–Kier alpha value is -2.95. The van der Waals surface area contributed by atoms with E-state index in [-0.39, 0.29) is 18.5 Å². The maximum absolute atomic E-state index is 12.8. The van der Waals surface area contributed by atoms with Gasteiger partial charge in [-0.2, -0.15) is 0 Å². The Morgan fingerprint density at radius 3 is 2.71 bits per heavy atom. The van der Waals surface area contributed by atoms with Gasteiger partial charge in [0.05, 0.1) is 0 Å². The molecule has 0 bridgehead atoms. The molecule has 1 aromatic carbocycles. The number of fused-ring (bicyclic) bond motifs is 1. The van der Waals surface area contributed by atoms with Crippen LogP contribution in [0.2, 0.25) is 0 Å². The van der Waals surface area contributed by atoms with Crippen molar-refractivity contribution >= 4 is 26.7 Å². The summed E-state index contributed by atoms with van der Waals surface area (Å²) in [6, 6.07) is 12.6. The molecule has 1 fully saturated rings. The number of amides is 1. The number of nitrogens with zero attached hydrogens (tertiary/aromatic N) is 1. The van der Waals surface area contributed by atoms with E-state index in [1.807, 2.05) is 30.3 Å². The molecule has 3 aromatic rings. The van der Waals surface area contributed by atoms with Crippen LogP contribution in [0, 0.1) is 0 Å². The number of para-hydroxylation sites is 1. The lowest BCUT2D eigenvalue weighted by Crippen LogP contribution is -2.51. The van der Waals surface area contributed by atoms with Crippen LogP contribution in [0.3, 0.4) is 0 Å². The molecule has 2 unspecified atom stereocenters. The monoisotopic (exact) mass is 488 g/mol. The smallest absolute Gasteiger partial charge is 0.264 e. The van der Waals surface area contributed by atoms with Gasteiger partial charge in [-0.1, -0.05) is 18.2 Å². The molecule has 0 radical (unpaired) electrons. The molecule has 10 heteroatoms. The van der Waals surface area contributed by atoms with E-state index in [2.05, 4.69) is 5.48 Å². The van der Waals surface area contributed by atoms with Gasteiger partial charge in [-0.3, -0.25) is 9.59 Å². The summed E-state index contributed by atoms with van der Waals surface area (Å²) < 4.78 is 35.8. The Labute approximate surface area is 197 Å². The first kappa shape index (κ1) is 24.2. The third kappa shape index (κ3) is 5.08. The van der Waals surface area contributed by atoms with Crippen LogP contribution in [0.4, 0.5) is 0 Å². The number of rotatable bonds is 8. The first-order chi connectivity index (χ1) is 16.2. The fraction of sp³-hybridized carbons (Fsp3) is 0.417. The van der Waals surface area contributed by atoms with Gasteiger partial charge in [-0.25, -0.2) is 18.7 Å². The highest BCUT2D eigenvalue weighted by Gasteiger charge is 2.44. The first-order valence-corrected chi connectivity index (χ1v) is 13.0. The van der Waals surface area contributed by atoms with Crippen LogP contribution in [0.1, 0.15) is 32.6 Å². The van der Waals surface area contributed by atoms with Gasteiger partial charge in [0.15, 0.2) is 20.9 Å². The van der Waals surface area contributed by atoms with Crippen LogP contribution in [0.15, 0.2) is 57.9 Å². The fourth-order valence-electron chi connectivity index (χ4n) is 3.80. The molecular formula is C24H28N2O7S. The van der Waals surface area contributed by atoms with Crippen LogP contribution in [0.5, 0.6) is 0 Å². The summed E-state index contributed by atoms with van der Waals surface area (Å²) in [5.41, 5.74) is 3.25. The Balaban J connectivity index is 1.47. The quantitative estimate of drug-likeness (QED) is 0.485. The van der Waals surface area contributed by atoms with Gasteiger partial charge in [-0.15, -0.1) is 0 Å². The molecule has 1 saturated heterocycles. The second kappa shape index (κ2) is 9.73. The first-order valence-electron chi connectivity index (χ1n) is 11.1. The zero-order valence-electron chi connectivity index (χ0n) is 19.2. The lowest BCUT2D eigenvalue weighted by Gasteiger charge is -2.28. The minimum absolute atomic E-state index is 0.0240.